The van der Waals surface area contributed by atoms with Crippen LogP contribution in [0.2, 0.25) is 0 Å². The topological polar surface area (TPSA) is 75.3 Å². The molecule has 2 aromatic carbocycles. The summed E-state index contributed by atoms with van der Waals surface area (Å²) in [5.41, 5.74) is 0.519. The fourth-order valence-corrected chi connectivity index (χ4v) is 4.61. The Balaban J connectivity index is 1.80. The molecule has 0 aliphatic carbocycles. The van der Waals surface area contributed by atoms with Crippen molar-refractivity contribution in [3.05, 3.63) is 59.5 Å². The van der Waals surface area contributed by atoms with E-state index < -0.39 is 10.0 Å². The summed E-state index contributed by atoms with van der Waals surface area (Å²) in [6.45, 7) is 1.75. The molecule has 5 nitrogen and oxygen atoms in total. The molecule has 0 fully saturated rings. The summed E-state index contributed by atoms with van der Waals surface area (Å²) in [5, 5.41) is 4.67. The molecule has 1 amide bonds. The highest BCUT2D eigenvalue weighted by Crippen LogP contribution is 2.25. The molecular formula is C17H16N2O3S2. The van der Waals surface area contributed by atoms with Crippen molar-refractivity contribution >= 4 is 43.7 Å². The molecule has 0 radical (unpaired) electrons. The number of nitrogens with one attached hydrogen (secondary N) is 2. The fourth-order valence-electron chi connectivity index (χ4n) is 2.27. The zero-order chi connectivity index (χ0) is 17.2. The van der Waals surface area contributed by atoms with Crippen LogP contribution < -0.4 is 10.0 Å². The first-order valence-electron chi connectivity index (χ1n) is 7.29. The van der Waals surface area contributed by atoms with Crippen LogP contribution in [0.3, 0.4) is 0 Å². The van der Waals surface area contributed by atoms with E-state index in [-0.39, 0.29) is 10.1 Å². The third kappa shape index (κ3) is 3.74. The van der Waals surface area contributed by atoms with Gasteiger partial charge in [-0.05, 0) is 35.0 Å². The molecule has 7 heteroatoms. The van der Waals surface area contributed by atoms with Crippen LogP contribution in [-0.4, -0.2) is 14.3 Å². The number of carbonyl (C=O) groups excluding carboxylic acids is 1. The van der Waals surface area contributed by atoms with Crippen molar-refractivity contribution in [1.29, 1.82) is 0 Å². The number of thiophene rings is 1. The summed E-state index contributed by atoms with van der Waals surface area (Å²) in [6, 6.07) is 16.4. The number of rotatable bonds is 5. The van der Waals surface area contributed by atoms with E-state index in [1.165, 1.54) is 6.92 Å². The Kier molecular flexibility index (Phi) is 4.55. The first-order valence-corrected chi connectivity index (χ1v) is 9.59. The quantitative estimate of drug-likeness (QED) is 0.733. The molecule has 3 aromatic rings. The summed E-state index contributed by atoms with van der Waals surface area (Å²) >= 11 is 1.14. The van der Waals surface area contributed by atoms with Gasteiger partial charge in [0.1, 0.15) is 4.21 Å². The maximum absolute atomic E-state index is 12.5. The predicted octanol–water partition coefficient (Wildman–Crippen LogP) is 3.34. The second-order valence-electron chi connectivity index (χ2n) is 5.30. The van der Waals surface area contributed by atoms with E-state index in [0.717, 1.165) is 27.0 Å². The van der Waals surface area contributed by atoms with Gasteiger partial charge in [0.05, 0.1) is 6.54 Å². The molecule has 124 valence electrons. The summed E-state index contributed by atoms with van der Waals surface area (Å²) in [5.74, 6) is -0.151. The lowest BCUT2D eigenvalue weighted by Gasteiger charge is -2.07. The number of hydrogen-bond acceptors (Lipinski definition) is 4. The molecule has 0 unspecified atom stereocenters. The molecule has 1 aromatic heterocycles. The minimum Gasteiger partial charge on any atom is -0.351 e. The second-order valence-corrected chi connectivity index (χ2v) is 8.38. The van der Waals surface area contributed by atoms with Gasteiger partial charge in [-0.15, -0.1) is 11.3 Å². The normalized spacial score (nSPS) is 11.4. The van der Waals surface area contributed by atoms with Gasteiger partial charge in [-0.1, -0.05) is 30.3 Å². The number of benzene rings is 2. The Morgan fingerprint density at radius 3 is 2.54 bits per heavy atom. The molecule has 3 rings (SSSR count). The Morgan fingerprint density at radius 1 is 1.04 bits per heavy atom. The van der Waals surface area contributed by atoms with E-state index in [1.54, 1.807) is 24.3 Å². The highest BCUT2D eigenvalue weighted by atomic mass is 32.2. The van der Waals surface area contributed by atoms with Gasteiger partial charge >= 0.3 is 0 Å². The van der Waals surface area contributed by atoms with Crippen LogP contribution in [0.4, 0.5) is 5.69 Å². The zero-order valence-electron chi connectivity index (χ0n) is 12.9. The van der Waals surface area contributed by atoms with Crippen LogP contribution in [-0.2, 0) is 21.4 Å². The predicted molar refractivity (Wildman–Crippen MR) is 96.6 cm³/mol. The SMILES string of the molecule is CC(=O)NCc1ccc(S(=O)(=O)Nc2ccc3ccccc3c2)s1. The van der Waals surface area contributed by atoms with Crippen LogP contribution in [0.25, 0.3) is 10.8 Å². The van der Waals surface area contributed by atoms with Crippen molar-refractivity contribution in [2.75, 3.05) is 4.72 Å². The zero-order valence-corrected chi connectivity index (χ0v) is 14.6. The standard InChI is InChI=1S/C17H16N2O3S2/c1-12(20)18-11-16-8-9-17(23-16)24(21,22)19-15-7-6-13-4-2-3-5-14(13)10-15/h2-10,19H,11H2,1H3,(H,18,20). The van der Waals surface area contributed by atoms with Crippen molar-refractivity contribution in [2.24, 2.45) is 0 Å². The van der Waals surface area contributed by atoms with Crippen molar-refractivity contribution in [1.82, 2.24) is 5.32 Å². The molecule has 2 N–H and O–H groups in total. The van der Waals surface area contributed by atoms with Crippen LogP contribution in [0, 0.1) is 0 Å². The van der Waals surface area contributed by atoms with Gasteiger partial charge in [-0.2, -0.15) is 0 Å². The monoisotopic (exact) mass is 360 g/mol. The van der Waals surface area contributed by atoms with Gasteiger partial charge < -0.3 is 5.32 Å². The Labute approximate surface area is 144 Å². The minimum atomic E-state index is -3.64. The number of hydrogen-bond donors (Lipinski definition) is 2. The lowest BCUT2D eigenvalue weighted by molar-refractivity contribution is -0.119. The van der Waals surface area contributed by atoms with E-state index >= 15 is 0 Å². The molecule has 0 saturated heterocycles. The van der Waals surface area contributed by atoms with E-state index in [9.17, 15) is 13.2 Å². The summed E-state index contributed by atoms with van der Waals surface area (Å²) in [6.07, 6.45) is 0. The summed E-state index contributed by atoms with van der Waals surface area (Å²) < 4.78 is 27.8. The smallest absolute Gasteiger partial charge is 0.271 e. The average molecular weight is 360 g/mol. The third-order valence-corrected chi connectivity index (χ3v) is 6.37. The minimum absolute atomic E-state index is 0.151. The molecule has 24 heavy (non-hydrogen) atoms. The van der Waals surface area contributed by atoms with Gasteiger partial charge in [0.15, 0.2) is 0 Å². The molecule has 0 atom stereocenters. The maximum Gasteiger partial charge on any atom is 0.271 e. The van der Waals surface area contributed by atoms with E-state index in [0.29, 0.717) is 12.2 Å². The molecule has 0 spiro atoms. The Hall–Kier alpha value is -2.38. The van der Waals surface area contributed by atoms with Gasteiger partial charge in [0.2, 0.25) is 5.91 Å². The van der Waals surface area contributed by atoms with E-state index in [1.807, 2.05) is 30.3 Å². The Morgan fingerprint density at radius 2 is 1.79 bits per heavy atom. The molecule has 0 bridgehead atoms. The van der Waals surface area contributed by atoms with Crippen LogP contribution in [0.15, 0.2) is 58.8 Å². The van der Waals surface area contributed by atoms with E-state index in [2.05, 4.69) is 10.0 Å². The van der Waals surface area contributed by atoms with Gasteiger partial charge in [0.25, 0.3) is 10.0 Å². The van der Waals surface area contributed by atoms with Crippen LogP contribution in [0.5, 0.6) is 0 Å². The molecule has 0 saturated carbocycles. The Bertz CT molecular complexity index is 994. The highest BCUT2D eigenvalue weighted by molar-refractivity contribution is 7.94. The number of anilines is 1. The third-order valence-electron chi connectivity index (χ3n) is 3.42. The van der Waals surface area contributed by atoms with Gasteiger partial charge in [-0.25, -0.2) is 8.42 Å². The molecule has 0 aliphatic heterocycles. The van der Waals surface area contributed by atoms with Gasteiger partial charge in [0, 0.05) is 17.5 Å². The number of fused-ring (bicyclic) bond motifs is 1. The number of sulfonamides is 1. The molecular weight excluding hydrogens is 344 g/mol. The molecule has 0 aliphatic rings. The lowest BCUT2D eigenvalue weighted by atomic mass is 10.1. The maximum atomic E-state index is 12.5. The first kappa shape index (κ1) is 16.5. The van der Waals surface area contributed by atoms with Gasteiger partial charge in [-0.3, -0.25) is 9.52 Å². The second kappa shape index (κ2) is 6.62. The lowest BCUT2D eigenvalue weighted by Crippen LogP contribution is -2.18. The van der Waals surface area contributed by atoms with Crippen molar-refractivity contribution < 1.29 is 13.2 Å². The first-order chi connectivity index (χ1) is 11.4. The average Bonchev–Trinajstić information content (AvgIpc) is 3.02. The van der Waals surface area contributed by atoms with Crippen molar-refractivity contribution in [3.63, 3.8) is 0 Å². The van der Waals surface area contributed by atoms with Crippen molar-refractivity contribution in [3.8, 4) is 0 Å². The molecule has 1 heterocycles. The van der Waals surface area contributed by atoms with Crippen LogP contribution in [0.1, 0.15) is 11.8 Å². The fraction of sp³-hybridized carbons (Fsp3) is 0.118. The van der Waals surface area contributed by atoms with Crippen molar-refractivity contribution in [2.45, 2.75) is 17.7 Å². The highest BCUT2D eigenvalue weighted by Gasteiger charge is 2.17. The largest absolute Gasteiger partial charge is 0.351 e. The van der Waals surface area contributed by atoms with Crippen LogP contribution >= 0.6 is 11.3 Å². The summed E-state index contributed by atoms with van der Waals surface area (Å²) in [7, 11) is -3.64. The summed E-state index contributed by atoms with van der Waals surface area (Å²) in [4.78, 5) is 11.7. The van der Waals surface area contributed by atoms with E-state index in [4.69, 9.17) is 0 Å². The number of carbonyl (C=O) groups is 1. The number of amides is 1.